The van der Waals surface area contributed by atoms with Crippen LogP contribution in [0.4, 0.5) is 4.39 Å². The van der Waals surface area contributed by atoms with E-state index in [0.29, 0.717) is 23.3 Å². The lowest BCUT2D eigenvalue weighted by Crippen LogP contribution is -2.20. The van der Waals surface area contributed by atoms with Crippen LogP contribution in [0.25, 0.3) is 22.3 Å². The fraction of sp³-hybridized carbons (Fsp3) is 0.0476. The van der Waals surface area contributed by atoms with Gasteiger partial charge in [0.05, 0.1) is 16.9 Å². The summed E-state index contributed by atoms with van der Waals surface area (Å²) in [5.74, 6) is -0.601. The Morgan fingerprint density at radius 3 is 2.46 bits per heavy atom. The molecule has 0 unspecified atom stereocenters. The van der Waals surface area contributed by atoms with Gasteiger partial charge in [0.15, 0.2) is 0 Å². The Bertz CT molecular complexity index is 1250. The average molecular weight is 344 g/mol. The van der Waals surface area contributed by atoms with Crippen molar-refractivity contribution in [3.05, 3.63) is 94.0 Å². The molecule has 1 aliphatic heterocycles. The number of para-hydroxylation sites is 1. The predicted molar refractivity (Wildman–Crippen MR) is 96.9 cm³/mol. The Morgan fingerprint density at radius 1 is 0.885 bits per heavy atom. The molecule has 2 aromatic carbocycles. The van der Waals surface area contributed by atoms with Gasteiger partial charge in [0.25, 0.3) is 5.91 Å². The highest BCUT2D eigenvalue weighted by Crippen LogP contribution is 2.33. The van der Waals surface area contributed by atoms with Crippen molar-refractivity contribution in [2.75, 3.05) is 0 Å². The molecule has 0 spiro atoms. The zero-order valence-corrected chi connectivity index (χ0v) is 13.6. The third-order valence-electron chi connectivity index (χ3n) is 4.85. The molecule has 126 valence electrons. The van der Waals surface area contributed by atoms with Gasteiger partial charge < -0.3 is 4.57 Å². The first-order chi connectivity index (χ1) is 12.6. The Balaban J connectivity index is 1.87. The minimum absolute atomic E-state index is 0.196. The second-order valence-electron chi connectivity index (χ2n) is 6.35. The van der Waals surface area contributed by atoms with Gasteiger partial charge in [-0.05, 0) is 42.0 Å². The maximum atomic E-state index is 13.3. The molecule has 0 saturated heterocycles. The number of halogens is 1. The molecule has 26 heavy (non-hydrogen) atoms. The van der Waals surface area contributed by atoms with E-state index in [4.69, 9.17) is 0 Å². The van der Waals surface area contributed by atoms with Crippen molar-refractivity contribution >= 4 is 16.8 Å². The van der Waals surface area contributed by atoms with Gasteiger partial charge in [0, 0.05) is 18.1 Å². The van der Waals surface area contributed by atoms with Gasteiger partial charge in [-0.3, -0.25) is 14.2 Å². The molecule has 5 heteroatoms. The van der Waals surface area contributed by atoms with Crippen molar-refractivity contribution < 1.29 is 9.18 Å². The quantitative estimate of drug-likeness (QED) is 0.490. The number of benzene rings is 2. The largest absolute Gasteiger partial charge is 0.334 e. The van der Waals surface area contributed by atoms with E-state index in [9.17, 15) is 14.0 Å². The summed E-state index contributed by atoms with van der Waals surface area (Å²) in [4.78, 5) is 25.7. The summed E-state index contributed by atoms with van der Waals surface area (Å²) in [7, 11) is 0. The van der Waals surface area contributed by atoms with E-state index < -0.39 is 0 Å². The summed E-state index contributed by atoms with van der Waals surface area (Å²) < 4.78 is 16.7. The van der Waals surface area contributed by atoms with Crippen molar-refractivity contribution in [1.82, 2.24) is 9.13 Å². The van der Waals surface area contributed by atoms with E-state index in [-0.39, 0.29) is 22.7 Å². The highest BCUT2D eigenvalue weighted by molar-refractivity contribution is 6.10. The molecule has 0 atom stereocenters. The maximum absolute atomic E-state index is 13.3. The van der Waals surface area contributed by atoms with Crippen LogP contribution in [0.2, 0.25) is 0 Å². The molecule has 0 N–H and O–H groups in total. The number of pyridine rings is 1. The molecule has 0 fully saturated rings. The molecule has 5 rings (SSSR count). The highest BCUT2D eigenvalue weighted by Gasteiger charge is 2.32. The van der Waals surface area contributed by atoms with E-state index in [2.05, 4.69) is 0 Å². The third kappa shape index (κ3) is 1.94. The van der Waals surface area contributed by atoms with Gasteiger partial charge in [-0.1, -0.05) is 24.3 Å². The molecule has 0 amide bonds. The summed E-state index contributed by atoms with van der Waals surface area (Å²) in [5, 5.41) is 0.507. The molecule has 1 aliphatic rings. The van der Waals surface area contributed by atoms with Crippen molar-refractivity contribution in [2.45, 2.75) is 6.54 Å². The van der Waals surface area contributed by atoms with Gasteiger partial charge >= 0.3 is 0 Å². The molecule has 2 aromatic heterocycles. The van der Waals surface area contributed by atoms with Crippen molar-refractivity contribution in [3.8, 4) is 11.4 Å². The Kier molecular flexibility index (Phi) is 3.00. The fourth-order valence-corrected chi connectivity index (χ4v) is 3.67. The van der Waals surface area contributed by atoms with Crippen LogP contribution in [0.15, 0.2) is 71.7 Å². The molecule has 3 heterocycles. The monoisotopic (exact) mass is 344 g/mol. The smallest absolute Gasteiger partial charge is 0.268 e. The van der Waals surface area contributed by atoms with Crippen molar-refractivity contribution in [2.24, 2.45) is 0 Å². The number of hydrogen-bond acceptors (Lipinski definition) is 2. The van der Waals surface area contributed by atoms with Crippen LogP contribution in [0, 0.1) is 5.82 Å². The number of nitrogens with zero attached hydrogens (tertiary/aromatic N) is 2. The SMILES string of the molecule is O=C1c2c(n(Cc3ccc(F)cc3)c3ccccc3c2=O)-c2cccn21. The lowest BCUT2D eigenvalue weighted by atomic mass is 10.1. The standard InChI is InChI=1S/C21H13FN2O2/c22-14-9-7-13(8-10-14)12-24-16-5-2-1-4-15(16)20(25)18-19(24)17-6-3-11-23(17)21(18)26/h1-11H,12H2. The molecule has 4 nitrogen and oxygen atoms in total. The molecule has 4 aromatic rings. The molecule has 0 radical (unpaired) electrons. The maximum Gasteiger partial charge on any atom is 0.268 e. The lowest BCUT2D eigenvalue weighted by molar-refractivity contribution is 0.0968. The minimum Gasteiger partial charge on any atom is -0.334 e. The van der Waals surface area contributed by atoms with Crippen LogP contribution in [-0.2, 0) is 6.54 Å². The van der Waals surface area contributed by atoms with Gasteiger partial charge in [-0.15, -0.1) is 0 Å². The number of carbonyl (C=O) groups excluding carboxylic acids is 1. The summed E-state index contributed by atoms with van der Waals surface area (Å²) in [6, 6.07) is 17.1. The molecule has 0 saturated carbocycles. The third-order valence-corrected chi connectivity index (χ3v) is 4.85. The van der Waals surface area contributed by atoms with Crippen molar-refractivity contribution in [3.63, 3.8) is 0 Å². The van der Waals surface area contributed by atoms with E-state index in [1.165, 1.54) is 16.7 Å². The number of hydrogen-bond donors (Lipinski definition) is 0. The molecule has 0 aliphatic carbocycles. The van der Waals surface area contributed by atoms with Crippen molar-refractivity contribution in [1.29, 1.82) is 0 Å². The fourth-order valence-electron chi connectivity index (χ4n) is 3.67. The first kappa shape index (κ1) is 14.8. The van der Waals surface area contributed by atoms with E-state index in [1.54, 1.807) is 36.5 Å². The van der Waals surface area contributed by atoms with Crippen LogP contribution in [0.5, 0.6) is 0 Å². The number of rotatable bonds is 2. The van der Waals surface area contributed by atoms with E-state index in [0.717, 1.165) is 11.1 Å². The van der Waals surface area contributed by atoms with E-state index in [1.807, 2.05) is 22.8 Å². The average Bonchev–Trinajstić information content (AvgIpc) is 3.23. The summed E-state index contributed by atoms with van der Waals surface area (Å²) in [6.45, 7) is 0.432. The van der Waals surface area contributed by atoms with E-state index >= 15 is 0 Å². The number of carbonyl (C=O) groups is 1. The van der Waals surface area contributed by atoms with Gasteiger partial charge in [0.2, 0.25) is 5.43 Å². The first-order valence-corrected chi connectivity index (χ1v) is 8.27. The Hall–Kier alpha value is -3.47. The first-order valence-electron chi connectivity index (χ1n) is 8.27. The van der Waals surface area contributed by atoms with Crippen LogP contribution in [0.1, 0.15) is 15.9 Å². The topological polar surface area (TPSA) is 44.0 Å². The van der Waals surface area contributed by atoms with Crippen LogP contribution in [-0.4, -0.2) is 15.0 Å². The molecular weight excluding hydrogens is 331 g/mol. The summed E-state index contributed by atoms with van der Waals surface area (Å²) in [5.41, 5.74) is 2.91. The summed E-state index contributed by atoms with van der Waals surface area (Å²) >= 11 is 0. The van der Waals surface area contributed by atoms with Crippen LogP contribution >= 0.6 is 0 Å². The highest BCUT2D eigenvalue weighted by atomic mass is 19.1. The number of aromatic nitrogens is 2. The Labute approximate surface area is 147 Å². The zero-order chi connectivity index (χ0) is 17.8. The normalized spacial score (nSPS) is 12.4. The predicted octanol–water partition coefficient (Wildman–Crippen LogP) is 3.66. The lowest BCUT2D eigenvalue weighted by Gasteiger charge is -2.16. The zero-order valence-electron chi connectivity index (χ0n) is 13.6. The second kappa shape index (κ2) is 5.26. The van der Waals surface area contributed by atoms with Gasteiger partial charge in [0.1, 0.15) is 11.4 Å². The van der Waals surface area contributed by atoms with Crippen LogP contribution < -0.4 is 5.43 Å². The Morgan fingerprint density at radius 2 is 1.65 bits per heavy atom. The van der Waals surface area contributed by atoms with Crippen LogP contribution in [0.3, 0.4) is 0 Å². The van der Waals surface area contributed by atoms with Gasteiger partial charge in [-0.2, -0.15) is 0 Å². The van der Waals surface area contributed by atoms with Gasteiger partial charge in [-0.25, -0.2) is 4.39 Å². The number of fused-ring (bicyclic) bond motifs is 4. The molecular formula is C21H13FN2O2. The summed E-state index contributed by atoms with van der Waals surface area (Å²) in [6.07, 6.45) is 1.67. The second-order valence-corrected chi connectivity index (χ2v) is 6.35. The minimum atomic E-state index is -0.302. The molecule has 0 bridgehead atoms.